The molecule has 2 fully saturated rings. The number of rotatable bonds is 9. The quantitative estimate of drug-likeness (QED) is 0.455. The first-order valence-electron chi connectivity index (χ1n) is 11.7. The molecule has 1 atom stereocenters. The Kier molecular flexibility index (Phi) is 8.61. The van der Waals surface area contributed by atoms with Crippen LogP contribution in [0.3, 0.4) is 0 Å². The summed E-state index contributed by atoms with van der Waals surface area (Å²) < 4.78 is 61.1. The lowest BCUT2D eigenvalue weighted by molar-refractivity contribution is 0.135. The van der Waals surface area contributed by atoms with Gasteiger partial charge in [0.15, 0.2) is 0 Å². The zero-order valence-corrected chi connectivity index (χ0v) is 22.4. The number of halogens is 2. The van der Waals surface area contributed by atoms with Gasteiger partial charge in [-0.3, -0.25) is 4.98 Å². The van der Waals surface area contributed by atoms with E-state index in [1.165, 1.54) is 26.8 Å². The van der Waals surface area contributed by atoms with Crippen LogP contribution in [0.15, 0.2) is 47.6 Å². The highest BCUT2D eigenvalue weighted by atomic mass is 35.5. The maximum Gasteiger partial charge on any atom is 0.244 e. The maximum atomic E-state index is 13.2. The van der Waals surface area contributed by atoms with Crippen LogP contribution in [0, 0.1) is 0 Å². The lowest BCUT2D eigenvalue weighted by atomic mass is 10.1. The van der Waals surface area contributed by atoms with Crippen LogP contribution in [0.5, 0.6) is 5.75 Å². The summed E-state index contributed by atoms with van der Waals surface area (Å²) in [7, 11) is -7.21. The molecule has 2 aliphatic rings. The summed E-state index contributed by atoms with van der Waals surface area (Å²) in [4.78, 5) is 3.99. The number of piperidine rings is 1. The summed E-state index contributed by atoms with van der Waals surface area (Å²) >= 11 is 12.1. The molecule has 4 rings (SSSR count). The Bertz CT molecular complexity index is 1220. The van der Waals surface area contributed by atoms with Crippen molar-refractivity contribution in [3.63, 3.8) is 0 Å². The van der Waals surface area contributed by atoms with Crippen molar-refractivity contribution in [2.45, 2.75) is 55.6 Å². The zero-order chi connectivity index (χ0) is 25.1. The van der Waals surface area contributed by atoms with Gasteiger partial charge in [-0.15, -0.1) is 0 Å². The Morgan fingerprint density at radius 1 is 0.971 bits per heavy atom. The number of ether oxygens (including phenoxy) is 1. The Balaban J connectivity index is 1.29. The molecular formula is C23H29Cl2N3O5S2. The van der Waals surface area contributed by atoms with E-state index in [9.17, 15) is 16.8 Å². The Morgan fingerprint density at radius 3 is 2.37 bits per heavy atom. The van der Waals surface area contributed by atoms with Gasteiger partial charge in [0.25, 0.3) is 0 Å². The minimum atomic E-state index is -3.79. The topological polar surface area (TPSA) is 96.9 Å². The molecule has 12 heteroatoms. The van der Waals surface area contributed by atoms with Crippen LogP contribution in [0.4, 0.5) is 0 Å². The van der Waals surface area contributed by atoms with Gasteiger partial charge in [-0.05, 0) is 68.9 Å². The number of aromatic nitrogens is 1. The van der Waals surface area contributed by atoms with Crippen LogP contribution >= 0.6 is 23.2 Å². The molecule has 2 saturated heterocycles. The number of pyridine rings is 1. The van der Waals surface area contributed by atoms with Crippen molar-refractivity contribution in [3.05, 3.63) is 52.8 Å². The molecular weight excluding hydrogens is 533 g/mol. The summed E-state index contributed by atoms with van der Waals surface area (Å²) in [6, 6.07) is 7.67. The number of nitrogens with zero attached hydrogens (tertiary/aromatic N) is 3. The van der Waals surface area contributed by atoms with Gasteiger partial charge in [-0.2, -0.15) is 4.31 Å². The van der Waals surface area contributed by atoms with Gasteiger partial charge in [-0.1, -0.05) is 23.2 Å². The maximum absolute atomic E-state index is 13.2. The minimum absolute atomic E-state index is 0.00499. The summed E-state index contributed by atoms with van der Waals surface area (Å²) in [6.07, 6.45) is 6.84. The average Bonchev–Trinajstić information content (AvgIpc) is 3.29. The molecule has 0 unspecified atom stereocenters. The molecule has 3 heterocycles. The van der Waals surface area contributed by atoms with E-state index in [1.807, 2.05) is 0 Å². The lowest BCUT2D eigenvalue weighted by Crippen LogP contribution is -2.43. The van der Waals surface area contributed by atoms with E-state index in [1.54, 1.807) is 24.5 Å². The SMILES string of the molecule is O=S(=O)(CCC[C@@H]1CCCN1S(=O)(=O)c1ccc(Cl)cc1Cl)N1CCC(Oc2ccncc2)CC1. The predicted octanol–water partition coefficient (Wildman–Crippen LogP) is 4.19. The monoisotopic (exact) mass is 561 g/mol. The fourth-order valence-electron chi connectivity index (χ4n) is 4.69. The molecule has 0 saturated carbocycles. The normalized spacial score (nSPS) is 20.8. The first-order chi connectivity index (χ1) is 16.7. The van der Waals surface area contributed by atoms with Gasteiger partial charge >= 0.3 is 0 Å². The van der Waals surface area contributed by atoms with Gasteiger partial charge in [-0.25, -0.2) is 21.1 Å². The highest BCUT2D eigenvalue weighted by Crippen LogP contribution is 2.33. The van der Waals surface area contributed by atoms with Gasteiger partial charge in [0.05, 0.1) is 10.8 Å². The van der Waals surface area contributed by atoms with Crippen molar-refractivity contribution in [1.29, 1.82) is 0 Å². The number of sulfonamides is 2. The van der Waals surface area contributed by atoms with Crippen LogP contribution in [0.1, 0.15) is 38.5 Å². The molecule has 2 aromatic rings. The average molecular weight is 563 g/mol. The van der Waals surface area contributed by atoms with Gasteiger partial charge in [0, 0.05) is 43.1 Å². The molecule has 0 bridgehead atoms. The highest BCUT2D eigenvalue weighted by Gasteiger charge is 2.36. The molecule has 8 nitrogen and oxygen atoms in total. The fourth-order valence-corrected chi connectivity index (χ4v) is 8.72. The van der Waals surface area contributed by atoms with Gasteiger partial charge in [0.2, 0.25) is 20.0 Å². The highest BCUT2D eigenvalue weighted by molar-refractivity contribution is 7.89. The van der Waals surface area contributed by atoms with E-state index in [4.69, 9.17) is 27.9 Å². The van der Waals surface area contributed by atoms with Crippen molar-refractivity contribution >= 4 is 43.2 Å². The molecule has 2 aliphatic heterocycles. The third-order valence-corrected chi connectivity index (χ3v) is 11.1. The van der Waals surface area contributed by atoms with Crippen LogP contribution in [-0.2, 0) is 20.0 Å². The molecule has 35 heavy (non-hydrogen) atoms. The second-order valence-corrected chi connectivity index (χ2v) is 13.6. The minimum Gasteiger partial charge on any atom is -0.490 e. The van der Waals surface area contributed by atoms with E-state index in [0.717, 1.165) is 12.2 Å². The molecule has 1 aromatic carbocycles. The largest absolute Gasteiger partial charge is 0.490 e. The van der Waals surface area contributed by atoms with Crippen LogP contribution in [0.2, 0.25) is 10.0 Å². The van der Waals surface area contributed by atoms with E-state index in [2.05, 4.69) is 4.98 Å². The molecule has 192 valence electrons. The van der Waals surface area contributed by atoms with Gasteiger partial charge in [0.1, 0.15) is 16.7 Å². The molecule has 0 amide bonds. The van der Waals surface area contributed by atoms with Crippen molar-refractivity contribution in [2.24, 2.45) is 0 Å². The second kappa shape index (κ2) is 11.3. The first kappa shape index (κ1) is 26.6. The summed E-state index contributed by atoms with van der Waals surface area (Å²) in [5.74, 6) is 0.729. The molecule has 0 spiro atoms. The Morgan fingerprint density at radius 2 is 1.69 bits per heavy atom. The Labute approximate surface area is 217 Å². The third kappa shape index (κ3) is 6.47. The Hall–Kier alpha value is -1.43. The first-order valence-corrected chi connectivity index (χ1v) is 15.5. The van der Waals surface area contributed by atoms with Crippen molar-refractivity contribution < 1.29 is 21.6 Å². The van der Waals surface area contributed by atoms with Crippen molar-refractivity contribution in [2.75, 3.05) is 25.4 Å². The zero-order valence-electron chi connectivity index (χ0n) is 19.2. The molecule has 0 N–H and O–H groups in total. The van der Waals surface area contributed by atoms with E-state index in [-0.39, 0.29) is 27.8 Å². The van der Waals surface area contributed by atoms with Gasteiger partial charge < -0.3 is 4.74 Å². The summed E-state index contributed by atoms with van der Waals surface area (Å²) in [6.45, 7) is 1.22. The number of benzene rings is 1. The van der Waals surface area contributed by atoms with E-state index in [0.29, 0.717) is 56.8 Å². The summed E-state index contributed by atoms with van der Waals surface area (Å²) in [5, 5.41) is 0.451. The summed E-state index contributed by atoms with van der Waals surface area (Å²) in [5.41, 5.74) is 0. The molecule has 1 aromatic heterocycles. The van der Waals surface area contributed by atoms with E-state index >= 15 is 0 Å². The van der Waals surface area contributed by atoms with Crippen molar-refractivity contribution in [3.8, 4) is 5.75 Å². The van der Waals surface area contributed by atoms with Crippen LogP contribution in [0.25, 0.3) is 0 Å². The van der Waals surface area contributed by atoms with Crippen LogP contribution in [-0.4, -0.2) is 68.0 Å². The number of hydrogen-bond acceptors (Lipinski definition) is 6. The standard InChI is InChI=1S/C23H29Cl2N3O5S2/c24-18-5-6-23(22(25)17-18)35(31,32)28-13-1-3-19(28)4-2-16-34(29,30)27-14-9-21(10-15-27)33-20-7-11-26-12-8-20/h5-8,11-12,17,19,21H,1-4,9-10,13-16H2/t19-/m0/s1. The second-order valence-electron chi connectivity index (χ2n) is 8.84. The molecule has 0 aliphatic carbocycles. The number of hydrogen-bond donors (Lipinski definition) is 0. The smallest absolute Gasteiger partial charge is 0.244 e. The molecule has 0 radical (unpaired) electrons. The lowest BCUT2D eigenvalue weighted by Gasteiger charge is -2.31. The third-order valence-electron chi connectivity index (χ3n) is 6.49. The van der Waals surface area contributed by atoms with E-state index < -0.39 is 20.0 Å². The van der Waals surface area contributed by atoms with Crippen LogP contribution < -0.4 is 4.74 Å². The predicted molar refractivity (Wildman–Crippen MR) is 136 cm³/mol. The van der Waals surface area contributed by atoms with Crippen molar-refractivity contribution in [1.82, 2.24) is 13.6 Å². The fraction of sp³-hybridized carbons (Fsp3) is 0.522.